The van der Waals surface area contributed by atoms with E-state index in [0.29, 0.717) is 22.8 Å². The second kappa shape index (κ2) is 6.29. The highest BCUT2D eigenvalue weighted by Gasteiger charge is 2.20. The minimum absolute atomic E-state index is 0.196. The number of imidazole rings is 1. The number of pyridine rings is 1. The Morgan fingerprint density at radius 2 is 2.00 bits per heavy atom. The number of carbonyl (C=O) groups excluding carboxylic acids is 1. The minimum atomic E-state index is -0.196. The zero-order valence-electron chi connectivity index (χ0n) is 14.3. The predicted molar refractivity (Wildman–Crippen MR) is 98.2 cm³/mol. The lowest BCUT2D eigenvalue weighted by molar-refractivity contribution is 0.102. The van der Waals surface area contributed by atoms with Crippen LogP contribution in [0.25, 0.3) is 5.65 Å². The normalized spacial score (nSPS) is 11.0. The summed E-state index contributed by atoms with van der Waals surface area (Å²) < 4.78 is 1.85. The summed E-state index contributed by atoms with van der Waals surface area (Å²) in [4.78, 5) is 17.6. The molecule has 0 aliphatic carbocycles. The average Bonchev–Trinajstić information content (AvgIpc) is 2.90. The fourth-order valence-corrected chi connectivity index (χ4v) is 3.35. The van der Waals surface area contributed by atoms with Gasteiger partial charge in [0.25, 0.3) is 5.91 Å². The van der Waals surface area contributed by atoms with E-state index in [9.17, 15) is 4.79 Å². The van der Waals surface area contributed by atoms with Gasteiger partial charge in [-0.25, -0.2) is 4.98 Å². The molecule has 5 heteroatoms. The number of rotatable bonds is 3. The quantitative estimate of drug-likeness (QED) is 0.748. The summed E-state index contributed by atoms with van der Waals surface area (Å²) >= 11 is 6.32. The molecule has 124 valence electrons. The van der Waals surface area contributed by atoms with E-state index in [2.05, 4.69) is 10.3 Å². The van der Waals surface area contributed by atoms with Crippen LogP contribution >= 0.6 is 11.6 Å². The fourth-order valence-electron chi connectivity index (χ4n) is 2.98. The van der Waals surface area contributed by atoms with E-state index < -0.39 is 0 Å². The SMILES string of the molecule is CCc1nc2c(C)cccn2c1C(=O)Nc1c(C)cc(C)cc1Cl. The molecule has 0 aliphatic heterocycles. The molecule has 0 aliphatic rings. The lowest BCUT2D eigenvalue weighted by Gasteiger charge is -2.12. The Bertz CT molecular complexity index is 920. The summed E-state index contributed by atoms with van der Waals surface area (Å²) in [5.41, 5.74) is 5.85. The first-order valence-electron chi connectivity index (χ1n) is 7.97. The van der Waals surface area contributed by atoms with Gasteiger partial charge in [0.05, 0.1) is 16.4 Å². The third-order valence-electron chi connectivity index (χ3n) is 4.14. The van der Waals surface area contributed by atoms with E-state index in [1.165, 1.54) is 0 Å². The topological polar surface area (TPSA) is 46.4 Å². The number of hydrogen-bond acceptors (Lipinski definition) is 2. The van der Waals surface area contributed by atoms with E-state index in [-0.39, 0.29) is 5.91 Å². The zero-order chi connectivity index (χ0) is 17.4. The van der Waals surface area contributed by atoms with Crippen LogP contribution in [0.15, 0.2) is 30.5 Å². The maximum absolute atomic E-state index is 12.9. The molecule has 0 atom stereocenters. The van der Waals surface area contributed by atoms with Crippen LogP contribution in [0.1, 0.15) is 39.8 Å². The van der Waals surface area contributed by atoms with E-state index in [1.807, 2.05) is 62.6 Å². The Morgan fingerprint density at radius 3 is 2.67 bits per heavy atom. The monoisotopic (exact) mass is 341 g/mol. The van der Waals surface area contributed by atoms with Crippen LogP contribution in [0.2, 0.25) is 5.02 Å². The highest BCUT2D eigenvalue weighted by atomic mass is 35.5. The van der Waals surface area contributed by atoms with Crippen molar-refractivity contribution in [2.75, 3.05) is 5.32 Å². The summed E-state index contributed by atoms with van der Waals surface area (Å²) in [7, 11) is 0. The van der Waals surface area contributed by atoms with Gasteiger partial charge in [0.15, 0.2) is 0 Å². The summed E-state index contributed by atoms with van der Waals surface area (Å²) in [5.74, 6) is -0.196. The third kappa shape index (κ3) is 2.78. The first-order chi connectivity index (χ1) is 11.4. The number of aryl methyl sites for hydroxylation is 4. The van der Waals surface area contributed by atoms with Gasteiger partial charge in [-0.3, -0.25) is 9.20 Å². The van der Waals surface area contributed by atoms with Crippen LogP contribution in [0.3, 0.4) is 0 Å². The van der Waals surface area contributed by atoms with E-state index in [1.54, 1.807) is 0 Å². The lowest BCUT2D eigenvalue weighted by atomic mass is 10.1. The summed E-state index contributed by atoms with van der Waals surface area (Å²) in [6, 6.07) is 7.76. The lowest BCUT2D eigenvalue weighted by Crippen LogP contribution is -2.17. The molecule has 24 heavy (non-hydrogen) atoms. The Hall–Kier alpha value is -2.33. The number of amides is 1. The average molecular weight is 342 g/mol. The maximum atomic E-state index is 12.9. The minimum Gasteiger partial charge on any atom is -0.319 e. The van der Waals surface area contributed by atoms with Crippen molar-refractivity contribution in [3.05, 3.63) is 63.6 Å². The van der Waals surface area contributed by atoms with Crippen molar-refractivity contribution in [3.63, 3.8) is 0 Å². The predicted octanol–water partition coefficient (Wildman–Crippen LogP) is 4.73. The maximum Gasteiger partial charge on any atom is 0.274 e. The number of nitrogens with zero attached hydrogens (tertiary/aromatic N) is 2. The fraction of sp³-hybridized carbons (Fsp3) is 0.263. The second-order valence-electron chi connectivity index (χ2n) is 6.04. The van der Waals surface area contributed by atoms with Crippen molar-refractivity contribution in [2.24, 2.45) is 0 Å². The molecule has 1 aromatic carbocycles. The number of anilines is 1. The van der Waals surface area contributed by atoms with E-state index in [0.717, 1.165) is 28.0 Å². The van der Waals surface area contributed by atoms with Gasteiger partial charge in [-0.1, -0.05) is 30.7 Å². The molecular weight excluding hydrogens is 322 g/mol. The number of aromatic nitrogens is 2. The molecule has 4 nitrogen and oxygen atoms in total. The van der Waals surface area contributed by atoms with E-state index >= 15 is 0 Å². The Kier molecular flexibility index (Phi) is 4.33. The van der Waals surface area contributed by atoms with Gasteiger partial charge in [0.2, 0.25) is 0 Å². The van der Waals surface area contributed by atoms with Crippen molar-refractivity contribution in [2.45, 2.75) is 34.1 Å². The third-order valence-corrected chi connectivity index (χ3v) is 4.44. The molecule has 2 aromatic heterocycles. The van der Waals surface area contributed by atoms with Gasteiger partial charge in [0.1, 0.15) is 11.3 Å². The van der Waals surface area contributed by atoms with Gasteiger partial charge >= 0.3 is 0 Å². The van der Waals surface area contributed by atoms with Crippen molar-refractivity contribution in [1.82, 2.24) is 9.38 Å². The van der Waals surface area contributed by atoms with Crippen LogP contribution in [0.5, 0.6) is 0 Å². The van der Waals surface area contributed by atoms with Crippen LogP contribution in [0.4, 0.5) is 5.69 Å². The molecule has 0 bridgehead atoms. The molecule has 0 radical (unpaired) electrons. The summed E-state index contributed by atoms with van der Waals surface area (Å²) in [6.45, 7) is 7.91. The first kappa shape index (κ1) is 16.5. The highest BCUT2D eigenvalue weighted by Crippen LogP contribution is 2.28. The molecule has 3 rings (SSSR count). The van der Waals surface area contributed by atoms with Gasteiger partial charge in [0, 0.05) is 6.20 Å². The number of carbonyl (C=O) groups is 1. The molecule has 0 saturated heterocycles. The van der Waals surface area contributed by atoms with Crippen LogP contribution in [-0.4, -0.2) is 15.3 Å². The van der Waals surface area contributed by atoms with Crippen LogP contribution < -0.4 is 5.32 Å². The van der Waals surface area contributed by atoms with Gasteiger partial charge in [-0.15, -0.1) is 0 Å². The zero-order valence-corrected chi connectivity index (χ0v) is 15.0. The first-order valence-corrected chi connectivity index (χ1v) is 8.34. The second-order valence-corrected chi connectivity index (χ2v) is 6.45. The largest absolute Gasteiger partial charge is 0.319 e. The number of halogens is 1. The van der Waals surface area contributed by atoms with Gasteiger partial charge in [-0.2, -0.15) is 0 Å². The van der Waals surface area contributed by atoms with Crippen molar-refractivity contribution >= 4 is 28.8 Å². The molecule has 0 spiro atoms. The standard InChI is InChI=1S/C19H20ClN3O/c1-5-15-17(23-8-6-7-12(3)18(23)21-15)19(24)22-16-13(4)9-11(2)10-14(16)20/h6-10H,5H2,1-4H3,(H,22,24). The van der Waals surface area contributed by atoms with Crippen molar-refractivity contribution in [3.8, 4) is 0 Å². The molecule has 3 aromatic rings. The number of nitrogens with one attached hydrogen (secondary N) is 1. The number of fused-ring (bicyclic) bond motifs is 1. The summed E-state index contributed by atoms with van der Waals surface area (Å²) in [5, 5.41) is 3.51. The van der Waals surface area contributed by atoms with Crippen molar-refractivity contribution < 1.29 is 4.79 Å². The Balaban J connectivity index is 2.08. The number of benzene rings is 1. The van der Waals surface area contributed by atoms with Crippen LogP contribution in [0, 0.1) is 20.8 Å². The molecular formula is C19H20ClN3O. The molecule has 0 saturated carbocycles. The van der Waals surface area contributed by atoms with Crippen molar-refractivity contribution in [1.29, 1.82) is 0 Å². The van der Waals surface area contributed by atoms with E-state index in [4.69, 9.17) is 11.6 Å². The summed E-state index contributed by atoms with van der Waals surface area (Å²) in [6.07, 6.45) is 2.55. The van der Waals surface area contributed by atoms with Gasteiger partial charge < -0.3 is 5.32 Å². The Labute approximate surface area is 146 Å². The molecule has 1 amide bonds. The molecule has 1 N–H and O–H groups in total. The van der Waals surface area contributed by atoms with Gasteiger partial charge in [-0.05, 0) is 56.0 Å². The molecule has 0 unspecified atom stereocenters. The highest BCUT2D eigenvalue weighted by molar-refractivity contribution is 6.34. The van der Waals surface area contributed by atoms with Crippen LogP contribution in [-0.2, 0) is 6.42 Å². The molecule has 0 fully saturated rings. The smallest absolute Gasteiger partial charge is 0.274 e. The molecule has 2 heterocycles. The Morgan fingerprint density at radius 1 is 1.25 bits per heavy atom. The number of hydrogen-bond donors (Lipinski definition) is 1.